The van der Waals surface area contributed by atoms with E-state index in [2.05, 4.69) is 41.8 Å². The van der Waals surface area contributed by atoms with Gasteiger partial charge in [-0.15, -0.1) is 24.0 Å². The Morgan fingerprint density at radius 3 is 2.71 bits per heavy atom. The second-order valence-corrected chi connectivity index (χ2v) is 7.75. The summed E-state index contributed by atoms with van der Waals surface area (Å²) in [7, 11) is 0. The minimum Gasteiger partial charge on any atom is -0.469 e. The molecule has 3 rings (SSSR count). The molecule has 2 N–H and O–H groups in total. The lowest BCUT2D eigenvalue weighted by Crippen LogP contribution is -2.40. The normalized spacial score (nSPS) is 15.8. The molecule has 7 heteroatoms. The molecular weight excluding hydrogens is 505 g/mol. The fraction of sp³-hybridized carbons (Fsp3) is 0.542. The van der Waals surface area contributed by atoms with Gasteiger partial charge in [0.2, 0.25) is 0 Å². The maximum Gasteiger partial charge on any atom is 0.191 e. The standard InChI is InChI=1S/C24H35N3O3.HI/c1-20(22-7-3-2-4-8-22)27-24(26-14-10-23-9-5-16-30-23)25-13-6-15-29-19-21-11-17-28-18-12-21;/h2-5,7-9,16,20-21H,6,10-15,17-19H2,1H3,(H2,25,26,27);1H. The molecule has 1 saturated heterocycles. The van der Waals surface area contributed by atoms with E-state index in [9.17, 15) is 0 Å². The van der Waals surface area contributed by atoms with Crippen LogP contribution in [-0.2, 0) is 15.9 Å². The number of benzene rings is 1. The lowest BCUT2D eigenvalue weighted by atomic mass is 10.0. The van der Waals surface area contributed by atoms with Crippen LogP contribution >= 0.6 is 24.0 Å². The Morgan fingerprint density at radius 1 is 1.16 bits per heavy atom. The maximum atomic E-state index is 5.86. The first kappa shape index (κ1) is 25.7. The van der Waals surface area contributed by atoms with Gasteiger partial charge in [0.25, 0.3) is 0 Å². The van der Waals surface area contributed by atoms with Crippen LogP contribution in [-0.4, -0.2) is 45.5 Å². The van der Waals surface area contributed by atoms with Gasteiger partial charge in [-0.1, -0.05) is 30.3 Å². The van der Waals surface area contributed by atoms with E-state index in [1.54, 1.807) is 6.26 Å². The van der Waals surface area contributed by atoms with Crippen molar-refractivity contribution in [2.45, 2.75) is 38.6 Å². The monoisotopic (exact) mass is 541 g/mol. The smallest absolute Gasteiger partial charge is 0.191 e. The Hall–Kier alpha value is -1.58. The van der Waals surface area contributed by atoms with Crippen molar-refractivity contribution in [3.8, 4) is 0 Å². The van der Waals surface area contributed by atoms with E-state index in [1.165, 1.54) is 5.56 Å². The zero-order valence-electron chi connectivity index (χ0n) is 18.4. The van der Waals surface area contributed by atoms with E-state index < -0.39 is 0 Å². The highest BCUT2D eigenvalue weighted by molar-refractivity contribution is 14.0. The van der Waals surface area contributed by atoms with E-state index in [0.717, 1.165) is 76.9 Å². The molecule has 0 saturated carbocycles. The van der Waals surface area contributed by atoms with E-state index in [1.807, 2.05) is 18.2 Å². The number of hydrogen-bond donors (Lipinski definition) is 2. The van der Waals surface area contributed by atoms with Crippen LogP contribution in [0.1, 0.15) is 43.6 Å². The molecule has 0 amide bonds. The summed E-state index contributed by atoms with van der Waals surface area (Å²) in [5.74, 6) is 2.44. The molecule has 0 radical (unpaired) electrons. The lowest BCUT2D eigenvalue weighted by molar-refractivity contribution is 0.0205. The first-order chi connectivity index (χ1) is 14.8. The van der Waals surface area contributed by atoms with Gasteiger partial charge in [-0.2, -0.15) is 0 Å². The van der Waals surface area contributed by atoms with Gasteiger partial charge >= 0.3 is 0 Å². The first-order valence-corrected chi connectivity index (χ1v) is 11.1. The Kier molecular flexibility index (Phi) is 12.6. The molecule has 1 unspecified atom stereocenters. The van der Waals surface area contributed by atoms with Crippen molar-refractivity contribution < 1.29 is 13.9 Å². The highest BCUT2D eigenvalue weighted by atomic mass is 127. The largest absolute Gasteiger partial charge is 0.469 e. The quantitative estimate of drug-likeness (QED) is 0.189. The Morgan fingerprint density at radius 2 is 1.97 bits per heavy atom. The molecule has 1 aromatic carbocycles. The third-order valence-electron chi connectivity index (χ3n) is 5.31. The van der Waals surface area contributed by atoms with Gasteiger partial charge in [-0.25, -0.2) is 0 Å². The average molecular weight is 541 g/mol. The number of rotatable bonds is 11. The van der Waals surface area contributed by atoms with Crippen LogP contribution < -0.4 is 10.6 Å². The van der Waals surface area contributed by atoms with Crippen LogP contribution in [0, 0.1) is 5.92 Å². The summed E-state index contributed by atoms with van der Waals surface area (Å²) >= 11 is 0. The molecule has 2 aromatic rings. The van der Waals surface area contributed by atoms with E-state index in [-0.39, 0.29) is 30.0 Å². The van der Waals surface area contributed by atoms with Crippen molar-refractivity contribution in [2.75, 3.05) is 39.5 Å². The van der Waals surface area contributed by atoms with Crippen LogP contribution in [0.15, 0.2) is 58.1 Å². The zero-order chi connectivity index (χ0) is 20.9. The van der Waals surface area contributed by atoms with Crippen molar-refractivity contribution in [1.29, 1.82) is 0 Å². The second-order valence-electron chi connectivity index (χ2n) is 7.75. The topological polar surface area (TPSA) is 68.0 Å². The van der Waals surface area contributed by atoms with Gasteiger partial charge < -0.3 is 24.5 Å². The number of furan rings is 1. The van der Waals surface area contributed by atoms with Crippen LogP contribution in [0.4, 0.5) is 0 Å². The van der Waals surface area contributed by atoms with Gasteiger partial charge in [-0.3, -0.25) is 4.99 Å². The highest BCUT2D eigenvalue weighted by Gasteiger charge is 2.13. The number of hydrogen-bond acceptors (Lipinski definition) is 4. The molecule has 2 heterocycles. The molecule has 1 atom stereocenters. The Labute approximate surface area is 203 Å². The number of aliphatic imine (C=N–C) groups is 1. The predicted octanol–water partition coefficient (Wildman–Crippen LogP) is 4.57. The molecule has 172 valence electrons. The summed E-state index contributed by atoms with van der Waals surface area (Å²) in [4.78, 5) is 4.76. The SMILES string of the molecule is CC(NC(=NCCCOCC1CCOCC1)NCCc1ccco1)c1ccccc1.I. The predicted molar refractivity (Wildman–Crippen MR) is 135 cm³/mol. The Balaban J connectivity index is 0.00000341. The summed E-state index contributed by atoms with van der Waals surface area (Å²) in [6.07, 6.45) is 5.67. The minimum absolute atomic E-state index is 0. The number of guanidine groups is 1. The van der Waals surface area contributed by atoms with E-state index >= 15 is 0 Å². The summed E-state index contributed by atoms with van der Waals surface area (Å²) in [5.41, 5.74) is 1.23. The molecule has 31 heavy (non-hydrogen) atoms. The Bertz CT molecular complexity index is 719. The van der Waals surface area contributed by atoms with Crippen molar-refractivity contribution >= 4 is 29.9 Å². The first-order valence-electron chi connectivity index (χ1n) is 11.1. The third kappa shape index (κ3) is 10.1. The van der Waals surface area contributed by atoms with Crippen LogP contribution in [0.2, 0.25) is 0 Å². The average Bonchev–Trinajstić information content (AvgIpc) is 3.30. The number of halogens is 1. The van der Waals surface area contributed by atoms with E-state index in [0.29, 0.717) is 5.92 Å². The second kappa shape index (κ2) is 15.3. The fourth-order valence-electron chi connectivity index (χ4n) is 3.46. The minimum atomic E-state index is 0. The summed E-state index contributed by atoms with van der Waals surface area (Å²) < 4.78 is 16.7. The number of ether oxygens (including phenoxy) is 2. The van der Waals surface area contributed by atoms with Gasteiger partial charge in [0.15, 0.2) is 5.96 Å². The molecule has 6 nitrogen and oxygen atoms in total. The van der Waals surface area contributed by atoms with Crippen molar-refractivity contribution in [3.05, 3.63) is 60.1 Å². The van der Waals surface area contributed by atoms with Crippen molar-refractivity contribution in [2.24, 2.45) is 10.9 Å². The molecule has 1 aliphatic rings. The maximum absolute atomic E-state index is 5.86. The molecule has 1 aliphatic heterocycles. The van der Waals surface area contributed by atoms with Crippen LogP contribution in [0.3, 0.4) is 0 Å². The van der Waals surface area contributed by atoms with Crippen molar-refractivity contribution in [3.63, 3.8) is 0 Å². The zero-order valence-corrected chi connectivity index (χ0v) is 20.8. The summed E-state index contributed by atoms with van der Waals surface area (Å²) in [6, 6.07) is 14.5. The third-order valence-corrected chi connectivity index (χ3v) is 5.31. The molecule has 1 fully saturated rings. The lowest BCUT2D eigenvalue weighted by Gasteiger charge is -2.21. The van der Waals surface area contributed by atoms with E-state index in [4.69, 9.17) is 18.9 Å². The number of nitrogens with one attached hydrogen (secondary N) is 2. The fourth-order valence-corrected chi connectivity index (χ4v) is 3.46. The van der Waals surface area contributed by atoms with Gasteiger partial charge in [0.05, 0.1) is 12.3 Å². The van der Waals surface area contributed by atoms with Gasteiger partial charge in [0, 0.05) is 45.9 Å². The highest BCUT2D eigenvalue weighted by Crippen LogP contribution is 2.14. The molecule has 1 aromatic heterocycles. The summed E-state index contributed by atoms with van der Waals surface area (Å²) in [5, 5.41) is 6.94. The molecule has 0 aliphatic carbocycles. The van der Waals surface area contributed by atoms with Crippen LogP contribution in [0.5, 0.6) is 0 Å². The van der Waals surface area contributed by atoms with Gasteiger partial charge in [0.1, 0.15) is 5.76 Å². The molecule has 0 spiro atoms. The van der Waals surface area contributed by atoms with Gasteiger partial charge in [-0.05, 0) is 49.8 Å². The molecular formula is C24H36IN3O3. The van der Waals surface area contributed by atoms with Crippen LogP contribution in [0.25, 0.3) is 0 Å². The van der Waals surface area contributed by atoms with Crippen molar-refractivity contribution in [1.82, 2.24) is 10.6 Å². The summed E-state index contributed by atoms with van der Waals surface area (Å²) in [6.45, 7) is 6.97. The number of nitrogens with zero attached hydrogens (tertiary/aromatic N) is 1. The molecule has 0 bridgehead atoms.